The summed E-state index contributed by atoms with van der Waals surface area (Å²) in [6, 6.07) is -0.500. The van der Waals surface area contributed by atoms with E-state index in [0.29, 0.717) is 0 Å². The summed E-state index contributed by atoms with van der Waals surface area (Å²) < 4.78 is 4.42. The van der Waals surface area contributed by atoms with Crippen molar-refractivity contribution in [2.45, 2.75) is 47.6 Å². The quantitative estimate of drug-likeness (QED) is 0.776. The molecule has 1 N–H and O–H groups in total. The topological polar surface area (TPSA) is 55.4 Å². The Labute approximate surface area is 93.9 Å². The monoisotopic (exact) mass is 219 g/mol. The maximum absolute atomic E-state index is 11.2. The van der Waals surface area contributed by atoms with Gasteiger partial charge in [0.1, 0.15) is 0 Å². The van der Waals surface area contributed by atoms with Crippen LogP contribution >= 0.6 is 0 Å². The molecule has 0 aromatic carbocycles. The number of alkyl carbamates (subject to hydrolysis) is 1. The van der Waals surface area contributed by atoms with Gasteiger partial charge in [0.25, 0.3) is 0 Å². The number of carbonyl (C=O) groups is 2. The molecular formula is C11H25NO3. The Morgan fingerprint density at radius 2 is 1.67 bits per heavy atom. The number of amides is 1. The molecule has 0 saturated carbocycles. The van der Waals surface area contributed by atoms with Crippen molar-refractivity contribution < 1.29 is 15.8 Å². The van der Waals surface area contributed by atoms with Gasteiger partial charge >= 0.3 is 6.09 Å². The second kappa shape index (κ2) is 7.26. The predicted octanol–water partition coefficient (Wildman–Crippen LogP) is 2.62. The highest BCUT2D eigenvalue weighted by atomic mass is 16.5. The first-order chi connectivity index (χ1) is 6.79. The molecule has 15 heavy (non-hydrogen) atoms. The van der Waals surface area contributed by atoms with Crippen LogP contribution in [-0.2, 0) is 9.53 Å². The first-order valence-electron chi connectivity index (χ1n) is 5.14. The van der Waals surface area contributed by atoms with E-state index in [4.69, 9.17) is 0 Å². The Kier molecular flexibility index (Phi) is 7.92. The number of hydrogen-bond acceptors (Lipinski definition) is 3. The average molecular weight is 219 g/mol. The fraction of sp³-hybridized carbons (Fsp3) is 0.818. The molecule has 92 valence electrons. The van der Waals surface area contributed by atoms with Crippen LogP contribution in [0, 0.1) is 5.41 Å². The van der Waals surface area contributed by atoms with Crippen LogP contribution < -0.4 is 5.32 Å². The molecule has 0 unspecified atom stereocenters. The van der Waals surface area contributed by atoms with Crippen molar-refractivity contribution in [3.8, 4) is 0 Å². The van der Waals surface area contributed by atoms with E-state index in [1.54, 1.807) is 0 Å². The van der Waals surface area contributed by atoms with Crippen molar-refractivity contribution in [3.63, 3.8) is 0 Å². The summed E-state index contributed by atoms with van der Waals surface area (Å²) in [5.74, 6) is -0.0714. The zero-order valence-corrected chi connectivity index (χ0v) is 10.8. The van der Waals surface area contributed by atoms with Crippen LogP contribution in [0.3, 0.4) is 0 Å². The van der Waals surface area contributed by atoms with Gasteiger partial charge in [-0.25, -0.2) is 4.79 Å². The number of nitrogens with one attached hydrogen (secondary N) is 1. The van der Waals surface area contributed by atoms with Crippen LogP contribution in [-0.4, -0.2) is 25.0 Å². The average Bonchev–Trinajstić information content (AvgIpc) is 2.14. The SMILES string of the molecule is CC.COC(=O)N[C@H](C(C)=O)C(C)(C)C.[HH]. The summed E-state index contributed by atoms with van der Waals surface area (Å²) in [6.07, 6.45) is -0.574. The number of rotatable bonds is 2. The first kappa shape index (κ1) is 16.4. The van der Waals surface area contributed by atoms with Gasteiger partial charge in [-0.3, -0.25) is 4.79 Å². The van der Waals surface area contributed by atoms with Crippen LogP contribution in [0.5, 0.6) is 0 Å². The van der Waals surface area contributed by atoms with Crippen molar-refractivity contribution in [2.24, 2.45) is 5.41 Å². The minimum absolute atomic E-state index is 0. The van der Waals surface area contributed by atoms with Crippen molar-refractivity contribution >= 4 is 11.9 Å². The zero-order valence-electron chi connectivity index (χ0n) is 10.8. The number of hydrogen-bond donors (Lipinski definition) is 1. The van der Waals surface area contributed by atoms with Gasteiger partial charge in [0, 0.05) is 1.43 Å². The molecule has 0 fully saturated rings. The van der Waals surface area contributed by atoms with Gasteiger partial charge in [-0.05, 0) is 12.3 Å². The molecule has 0 aromatic rings. The Balaban J connectivity index is -0.000000529. The molecular weight excluding hydrogens is 194 g/mol. The van der Waals surface area contributed by atoms with E-state index >= 15 is 0 Å². The first-order valence-corrected chi connectivity index (χ1v) is 5.14. The third-order valence-corrected chi connectivity index (χ3v) is 1.72. The second-order valence-electron chi connectivity index (χ2n) is 4.05. The van der Waals surface area contributed by atoms with Crippen molar-refractivity contribution in [2.75, 3.05) is 7.11 Å². The fourth-order valence-corrected chi connectivity index (χ4v) is 1.10. The van der Waals surface area contributed by atoms with Gasteiger partial charge in [-0.15, -0.1) is 0 Å². The fourth-order valence-electron chi connectivity index (χ4n) is 1.10. The van der Waals surface area contributed by atoms with E-state index in [1.807, 2.05) is 34.6 Å². The van der Waals surface area contributed by atoms with Gasteiger partial charge in [-0.2, -0.15) is 0 Å². The van der Waals surface area contributed by atoms with Gasteiger partial charge in [0.2, 0.25) is 0 Å². The van der Waals surface area contributed by atoms with Crippen molar-refractivity contribution in [3.05, 3.63) is 0 Å². The Morgan fingerprint density at radius 1 is 1.27 bits per heavy atom. The molecule has 1 amide bonds. The summed E-state index contributed by atoms with van der Waals surface area (Å²) in [7, 11) is 1.27. The molecule has 0 saturated heterocycles. The molecule has 0 spiro atoms. The molecule has 0 rings (SSSR count). The Morgan fingerprint density at radius 3 is 1.87 bits per heavy atom. The molecule has 0 aliphatic carbocycles. The smallest absolute Gasteiger partial charge is 0.407 e. The maximum Gasteiger partial charge on any atom is 0.407 e. The molecule has 0 heterocycles. The highest BCUT2D eigenvalue weighted by Gasteiger charge is 2.30. The third kappa shape index (κ3) is 6.94. The summed E-state index contributed by atoms with van der Waals surface area (Å²) in [5.41, 5.74) is -0.292. The minimum atomic E-state index is -0.574. The molecule has 0 aliphatic heterocycles. The van der Waals surface area contributed by atoms with E-state index in [0.717, 1.165) is 0 Å². The summed E-state index contributed by atoms with van der Waals surface area (Å²) in [5, 5.41) is 2.50. The second-order valence-corrected chi connectivity index (χ2v) is 4.05. The van der Waals surface area contributed by atoms with Gasteiger partial charge in [-0.1, -0.05) is 34.6 Å². The summed E-state index contributed by atoms with van der Waals surface area (Å²) in [4.78, 5) is 22.1. The van der Waals surface area contributed by atoms with E-state index in [9.17, 15) is 9.59 Å². The normalized spacial score (nSPS) is 11.9. The zero-order chi connectivity index (χ0) is 12.6. The largest absolute Gasteiger partial charge is 0.453 e. The van der Waals surface area contributed by atoms with Crippen LogP contribution in [0.25, 0.3) is 0 Å². The maximum atomic E-state index is 11.2. The van der Waals surface area contributed by atoms with E-state index in [1.165, 1.54) is 14.0 Å². The number of methoxy groups -OCH3 is 1. The highest BCUT2D eigenvalue weighted by Crippen LogP contribution is 2.19. The van der Waals surface area contributed by atoms with Crippen LogP contribution in [0.1, 0.15) is 43.0 Å². The molecule has 0 radical (unpaired) electrons. The predicted molar refractivity (Wildman–Crippen MR) is 62.9 cm³/mol. The van der Waals surface area contributed by atoms with Crippen molar-refractivity contribution in [1.82, 2.24) is 5.32 Å². The lowest BCUT2D eigenvalue weighted by atomic mass is 9.85. The number of ketones is 1. The number of ether oxygens (including phenoxy) is 1. The van der Waals surface area contributed by atoms with Crippen LogP contribution in [0.2, 0.25) is 0 Å². The minimum Gasteiger partial charge on any atom is -0.453 e. The molecule has 4 heteroatoms. The number of Topliss-reactive ketones (excluding diaryl/α,β-unsaturated/α-hetero) is 1. The lowest BCUT2D eigenvalue weighted by Gasteiger charge is -2.28. The third-order valence-electron chi connectivity index (χ3n) is 1.72. The van der Waals surface area contributed by atoms with Crippen LogP contribution in [0.15, 0.2) is 0 Å². The lowest BCUT2D eigenvalue weighted by molar-refractivity contribution is -0.121. The Bertz CT molecular complexity index is 212. The van der Waals surface area contributed by atoms with Gasteiger partial charge in [0.15, 0.2) is 5.78 Å². The molecule has 0 aromatic heterocycles. The van der Waals surface area contributed by atoms with Crippen LogP contribution in [0.4, 0.5) is 4.79 Å². The highest BCUT2D eigenvalue weighted by molar-refractivity contribution is 5.86. The van der Waals surface area contributed by atoms with Gasteiger partial charge in [0.05, 0.1) is 13.2 Å². The summed E-state index contributed by atoms with van der Waals surface area (Å²) in [6.45, 7) is 11.1. The summed E-state index contributed by atoms with van der Waals surface area (Å²) >= 11 is 0. The van der Waals surface area contributed by atoms with E-state index < -0.39 is 12.1 Å². The van der Waals surface area contributed by atoms with E-state index in [2.05, 4.69) is 10.1 Å². The molecule has 4 nitrogen and oxygen atoms in total. The van der Waals surface area contributed by atoms with Gasteiger partial charge < -0.3 is 10.1 Å². The van der Waals surface area contributed by atoms with Crippen molar-refractivity contribution in [1.29, 1.82) is 0 Å². The number of carbonyl (C=O) groups excluding carboxylic acids is 2. The molecule has 0 aliphatic rings. The lowest BCUT2D eigenvalue weighted by Crippen LogP contribution is -2.48. The molecule has 1 atom stereocenters. The standard InChI is InChI=1S/C9H17NO3.C2H6.H2/c1-6(11)7(9(2,3)4)10-8(12)13-5;1-2;/h7H,1-5H3,(H,10,12);1-2H3;1H/t7-;;/m1../s1. The molecule has 0 bridgehead atoms. The Hall–Kier alpha value is -1.06. The van der Waals surface area contributed by atoms with E-state index in [-0.39, 0.29) is 12.6 Å².